The molecule has 0 aliphatic heterocycles. The molecule has 0 heterocycles. The van der Waals surface area contributed by atoms with Gasteiger partial charge in [-0.2, -0.15) is 0 Å². The van der Waals surface area contributed by atoms with Gasteiger partial charge < -0.3 is 0 Å². The van der Waals surface area contributed by atoms with E-state index in [9.17, 15) is 8.42 Å². The van der Waals surface area contributed by atoms with Gasteiger partial charge in [-0.25, -0.2) is 8.42 Å². The van der Waals surface area contributed by atoms with E-state index in [1.165, 1.54) is 11.4 Å². The lowest BCUT2D eigenvalue weighted by molar-refractivity contribution is 0.594. The van der Waals surface area contributed by atoms with E-state index in [-0.39, 0.29) is 4.90 Å². The monoisotopic (exact) mass is 281 g/mol. The lowest BCUT2D eigenvalue weighted by Gasteiger charge is -2.20. The van der Waals surface area contributed by atoms with E-state index in [1.807, 2.05) is 0 Å². The van der Waals surface area contributed by atoms with Crippen LogP contribution in [0, 0.1) is 0 Å². The quantitative estimate of drug-likeness (QED) is 0.867. The highest BCUT2D eigenvalue weighted by Gasteiger charge is 2.22. The van der Waals surface area contributed by atoms with Crippen molar-refractivity contribution in [2.45, 2.75) is 4.90 Å². The van der Waals surface area contributed by atoms with Crippen molar-refractivity contribution in [1.82, 2.24) is 0 Å². The third-order valence-corrected chi connectivity index (χ3v) is 4.70. The molecule has 2 rings (SSSR count). The summed E-state index contributed by atoms with van der Waals surface area (Å²) in [5.41, 5.74) is 0.461. The minimum Gasteiger partial charge on any atom is -0.268 e. The predicted octanol–water partition coefficient (Wildman–Crippen LogP) is 3.17. The summed E-state index contributed by atoms with van der Waals surface area (Å²) in [6.07, 6.45) is 0. The van der Waals surface area contributed by atoms with Gasteiger partial charge in [-0.3, -0.25) is 4.31 Å². The SMILES string of the molecule is CN(c1ccccc1Cl)S(=O)(=O)c1ccccc1. The molecule has 18 heavy (non-hydrogen) atoms. The number of halogens is 1. The van der Waals surface area contributed by atoms with Crippen LogP contribution in [0.15, 0.2) is 59.5 Å². The fourth-order valence-electron chi connectivity index (χ4n) is 1.59. The Hall–Kier alpha value is -1.52. The summed E-state index contributed by atoms with van der Waals surface area (Å²) in [4.78, 5) is 0.243. The topological polar surface area (TPSA) is 37.4 Å². The van der Waals surface area contributed by atoms with Crippen LogP contribution in [0.25, 0.3) is 0 Å². The van der Waals surface area contributed by atoms with Crippen molar-refractivity contribution in [3.63, 3.8) is 0 Å². The molecular weight excluding hydrogens is 270 g/mol. The fraction of sp³-hybridized carbons (Fsp3) is 0.0769. The Labute approximate surface area is 112 Å². The van der Waals surface area contributed by atoms with Crippen LogP contribution in [0.2, 0.25) is 5.02 Å². The molecule has 0 bridgehead atoms. The second-order valence-corrected chi connectivity index (χ2v) is 6.11. The van der Waals surface area contributed by atoms with Gasteiger partial charge in [-0.1, -0.05) is 41.9 Å². The summed E-state index contributed by atoms with van der Waals surface area (Å²) in [6.45, 7) is 0. The molecule has 0 radical (unpaired) electrons. The summed E-state index contributed by atoms with van der Waals surface area (Å²) in [5, 5.41) is 0.402. The van der Waals surface area contributed by atoms with Crippen molar-refractivity contribution >= 4 is 27.3 Å². The second kappa shape index (κ2) is 5.00. The molecular formula is C13H12ClNO2S. The number of para-hydroxylation sites is 1. The van der Waals surface area contributed by atoms with Gasteiger partial charge in [0.05, 0.1) is 15.6 Å². The predicted molar refractivity (Wildman–Crippen MR) is 73.5 cm³/mol. The Bertz CT molecular complexity index is 641. The molecule has 0 fully saturated rings. The molecule has 0 aliphatic rings. The van der Waals surface area contributed by atoms with E-state index in [1.54, 1.807) is 54.6 Å². The van der Waals surface area contributed by atoms with Crippen LogP contribution in [-0.2, 0) is 10.0 Å². The van der Waals surface area contributed by atoms with Crippen molar-refractivity contribution in [3.05, 3.63) is 59.6 Å². The van der Waals surface area contributed by atoms with Gasteiger partial charge in [0.1, 0.15) is 0 Å². The molecule has 2 aromatic rings. The first-order valence-electron chi connectivity index (χ1n) is 5.32. The summed E-state index contributed by atoms with van der Waals surface area (Å²) in [7, 11) is -2.08. The highest BCUT2D eigenvalue weighted by Crippen LogP contribution is 2.28. The zero-order chi connectivity index (χ0) is 13.2. The molecule has 0 saturated carbocycles. The number of benzene rings is 2. The number of sulfonamides is 1. The minimum absolute atomic E-state index is 0.243. The third kappa shape index (κ3) is 2.35. The highest BCUT2D eigenvalue weighted by atomic mass is 35.5. The summed E-state index contributed by atoms with van der Waals surface area (Å²) >= 11 is 6.01. The molecule has 0 unspecified atom stereocenters. The van der Waals surface area contributed by atoms with E-state index < -0.39 is 10.0 Å². The third-order valence-electron chi connectivity index (χ3n) is 2.59. The Morgan fingerprint density at radius 1 is 0.944 bits per heavy atom. The number of anilines is 1. The molecule has 94 valence electrons. The molecule has 0 saturated heterocycles. The molecule has 0 aliphatic carbocycles. The standard InChI is InChI=1S/C13H12ClNO2S/c1-15(13-10-6-5-9-12(13)14)18(16,17)11-7-3-2-4-8-11/h2-10H,1H3. The maximum atomic E-state index is 12.4. The van der Waals surface area contributed by atoms with Crippen molar-refractivity contribution < 1.29 is 8.42 Å². The minimum atomic E-state index is -3.57. The number of hydrogen-bond acceptors (Lipinski definition) is 2. The Morgan fingerprint density at radius 3 is 2.11 bits per heavy atom. The van der Waals surface area contributed by atoms with E-state index >= 15 is 0 Å². The Kier molecular flexibility index (Phi) is 3.59. The molecule has 0 N–H and O–H groups in total. The molecule has 3 nitrogen and oxygen atoms in total. The van der Waals surface area contributed by atoms with E-state index in [2.05, 4.69) is 0 Å². The first kappa shape index (κ1) is 12.9. The Balaban J connectivity index is 2.47. The van der Waals surface area contributed by atoms with E-state index in [4.69, 9.17) is 11.6 Å². The van der Waals surface area contributed by atoms with Gasteiger partial charge in [-0.05, 0) is 24.3 Å². The van der Waals surface area contributed by atoms with Crippen LogP contribution in [0.1, 0.15) is 0 Å². The van der Waals surface area contributed by atoms with Crippen molar-refractivity contribution in [2.24, 2.45) is 0 Å². The van der Waals surface area contributed by atoms with Gasteiger partial charge in [0.15, 0.2) is 0 Å². The molecule has 0 atom stereocenters. The second-order valence-electron chi connectivity index (χ2n) is 3.74. The van der Waals surface area contributed by atoms with Crippen LogP contribution >= 0.6 is 11.6 Å². The average Bonchev–Trinajstić information content (AvgIpc) is 2.39. The zero-order valence-electron chi connectivity index (χ0n) is 9.75. The molecule has 2 aromatic carbocycles. The maximum absolute atomic E-state index is 12.4. The highest BCUT2D eigenvalue weighted by molar-refractivity contribution is 7.92. The summed E-state index contributed by atoms with van der Waals surface area (Å²) in [6, 6.07) is 15.1. The zero-order valence-corrected chi connectivity index (χ0v) is 11.3. The maximum Gasteiger partial charge on any atom is 0.264 e. The molecule has 0 aromatic heterocycles. The van der Waals surface area contributed by atoms with E-state index in [0.717, 1.165) is 0 Å². The van der Waals surface area contributed by atoms with Crippen molar-refractivity contribution in [2.75, 3.05) is 11.4 Å². The smallest absolute Gasteiger partial charge is 0.264 e. The largest absolute Gasteiger partial charge is 0.268 e. The average molecular weight is 282 g/mol. The molecule has 0 amide bonds. The van der Waals surface area contributed by atoms with Crippen LogP contribution in [0.3, 0.4) is 0 Å². The van der Waals surface area contributed by atoms with Gasteiger partial charge in [0.25, 0.3) is 10.0 Å². The van der Waals surface area contributed by atoms with Crippen LogP contribution in [-0.4, -0.2) is 15.5 Å². The first-order chi connectivity index (χ1) is 8.53. The normalized spacial score (nSPS) is 11.2. The van der Waals surface area contributed by atoms with Crippen molar-refractivity contribution in [1.29, 1.82) is 0 Å². The lowest BCUT2D eigenvalue weighted by Crippen LogP contribution is -2.26. The first-order valence-corrected chi connectivity index (χ1v) is 7.14. The van der Waals surface area contributed by atoms with Gasteiger partial charge in [0.2, 0.25) is 0 Å². The molecule has 0 spiro atoms. The number of rotatable bonds is 3. The lowest BCUT2D eigenvalue weighted by atomic mass is 10.3. The van der Waals surface area contributed by atoms with Crippen LogP contribution in [0.4, 0.5) is 5.69 Å². The van der Waals surface area contributed by atoms with E-state index in [0.29, 0.717) is 10.7 Å². The van der Waals surface area contributed by atoms with Crippen LogP contribution < -0.4 is 4.31 Å². The Morgan fingerprint density at radius 2 is 1.50 bits per heavy atom. The fourth-order valence-corrected chi connectivity index (χ4v) is 3.14. The van der Waals surface area contributed by atoms with Gasteiger partial charge in [-0.15, -0.1) is 0 Å². The number of nitrogens with zero attached hydrogens (tertiary/aromatic N) is 1. The number of hydrogen-bond donors (Lipinski definition) is 0. The van der Waals surface area contributed by atoms with Gasteiger partial charge >= 0.3 is 0 Å². The van der Waals surface area contributed by atoms with Gasteiger partial charge in [0, 0.05) is 7.05 Å². The van der Waals surface area contributed by atoms with Crippen molar-refractivity contribution in [3.8, 4) is 0 Å². The molecule has 5 heteroatoms. The summed E-state index contributed by atoms with van der Waals surface area (Å²) in [5.74, 6) is 0. The summed E-state index contributed by atoms with van der Waals surface area (Å²) < 4.78 is 25.9. The van der Waals surface area contributed by atoms with Crippen LogP contribution in [0.5, 0.6) is 0 Å².